The van der Waals surface area contributed by atoms with E-state index in [1.54, 1.807) is 0 Å². The van der Waals surface area contributed by atoms with E-state index in [4.69, 9.17) is 9.47 Å². The van der Waals surface area contributed by atoms with Gasteiger partial charge < -0.3 is 9.47 Å². The minimum Gasteiger partial charge on any atom is -0.466 e. The summed E-state index contributed by atoms with van der Waals surface area (Å²) >= 11 is 0. The summed E-state index contributed by atoms with van der Waals surface area (Å²) in [6, 6.07) is 0. The number of esters is 2. The van der Waals surface area contributed by atoms with E-state index in [0.717, 1.165) is 57.8 Å². The van der Waals surface area contributed by atoms with Gasteiger partial charge in [-0.3, -0.25) is 9.59 Å². The molecule has 0 fully saturated rings. The van der Waals surface area contributed by atoms with Gasteiger partial charge in [0.2, 0.25) is 0 Å². The molecule has 0 amide bonds. The van der Waals surface area contributed by atoms with E-state index in [9.17, 15) is 9.59 Å². The molecule has 4 nitrogen and oxygen atoms in total. The molecule has 0 bridgehead atoms. The SMILES string of the molecule is CCCCCOC(=O)CCCCCCCCCCCC(C)CC(=O)OCCCCC. The third kappa shape index (κ3) is 21.6. The highest BCUT2D eigenvalue weighted by atomic mass is 16.5. The van der Waals surface area contributed by atoms with Crippen LogP contribution in [0.4, 0.5) is 0 Å². The van der Waals surface area contributed by atoms with Crippen molar-refractivity contribution in [2.75, 3.05) is 13.2 Å². The van der Waals surface area contributed by atoms with Crippen molar-refractivity contribution in [2.24, 2.45) is 5.92 Å². The number of hydrogen-bond donors (Lipinski definition) is 0. The largest absolute Gasteiger partial charge is 0.466 e. The van der Waals surface area contributed by atoms with Crippen LogP contribution in [0.2, 0.25) is 0 Å². The fraction of sp³-hybridized carbons (Fsp3) is 0.923. The van der Waals surface area contributed by atoms with Gasteiger partial charge in [0.25, 0.3) is 0 Å². The Morgan fingerprint density at radius 2 is 1.07 bits per heavy atom. The lowest BCUT2D eigenvalue weighted by molar-refractivity contribution is -0.145. The molecule has 1 atom stereocenters. The van der Waals surface area contributed by atoms with Gasteiger partial charge in [0.1, 0.15) is 0 Å². The van der Waals surface area contributed by atoms with Crippen LogP contribution in [-0.4, -0.2) is 25.2 Å². The molecule has 30 heavy (non-hydrogen) atoms. The molecule has 178 valence electrons. The Balaban J connectivity index is 3.32. The van der Waals surface area contributed by atoms with Crippen LogP contribution >= 0.6 is 0 Å². The first-order valence-corrected chi connectivity index (χ1v) is 12.9. The molecular formula is C26H50O4. The van der Waals surface area contributed by atoms with E-state index in [2.05, 4.69) is 20.8 Å². The van der Waals surface area contributed by atoms with Gasteiger partial charge in [-0.05, 0) is 25.2 Å². The molecule has 0 saturated heterocycles. The molecule has 0 rings (SSSR count). The highest BCUT2D eigenvalue weighted by molar-refractivity contribution is 5.69. The maximum absolute atomic E-state index is 11.8. The molecule has 0 aliphatic heterocycles. The normalized spacial score (nSPS) is 12.0. The maximum atomic E-state index is 11.8. The highest BCUT2D eigenvalue weighted by Crippen LogP contribution is 2.16. The van der Waals surface area contributed by atoms with Crippen LogP contribution in [0.5, 0.6) is 0 Å². The van der Waals surface area contributed by atoms with E-state index in [-0.39, 0.29) is 11.9 Å². The second-order valence-corrected chi connectivity index (χ2v) is 8.89. The van der Waals surface area contributed by atoms with Crippen LogP contribution in [-0.2, 0) is 19.1 Å². The van der Waals surface area contributed by atoms with E-state index in [0.29, 0.717) is 32.0 Å². The molecule has 0 N–H and O–H groups in total. The van der Waals surface area contributed by atoms with Gasteiger partial charge in [-0.15, -0.1) is 0 Å². The van der Waals surface area contributed by atoms with Crippen molar-refractivity contribution in [1.82, 2.24) is 0 Å². The van der Waals surface area contributed by atoms with Crippen LogP contribution < -0.4 is 0 Å². The van der Waals surface area contributed by atoms with Gasteiger partial charge >= 0.3 is 11.9 Å². The van der Waals surface area contributed by atoms with Crippen molar-refractivity contribution in [1.29, 1.82) is 0 Å². The summed E-state index contributed by atoms with van der Waals surface area (Å²) in [7, 11) is 0. The van der Waals surface area contributed by atoms with Crippen LogP contribution in [0.3, 0.4) is 0 Å². The lowest BCUT2D eigenvalue weighted by Gasteiger charge is -2.11. The van der Waals surface area contributed by atoms with E-state index in [1.165, 1.54) is 44.9 Å². The van der Waals surface area contributed by atoms with Crippen LogP contribution in [0.15, 0.2) is 0 Å². The van der Waals surface area contributed by atoms with Crippen molar-refractivity contribution >= 4 is 11.9 Å². The summed E-state index contributed by atoms with van der Waals surface area (Å²) in [5.41, 5.74) is 0. The molecule has 0 aliphatic carbocycles. The molecule has 0 aromatic rings. The first-order valence-electron chi connectivity index (χ1n) is 12.9. The Hall–Kier alpha value is -1.06. The fourth-order valence-corrected chi connectivity index (χ4v) is 3.59. The summed E-state index contributed by atoms with van der Waals surface area (Å²) in [6.45, 7) is 7.64. The molecular weight excluding hydrogens is 376 g/mol. The first-order chi connectivity index (χ1) is 14.6. The lowest BCUT2D eigenvalue weighted by Crippen LogP contribution is -2.10. The minimum absolute atomic E-state index is 0.0231. The molecule has 0 saturated carbocycles. The Labute approximate surface area is 186 Å². The number of hydrogen-bond acceptors (Lipinski definition) is 4. The Morgan fingerprint density at radius 3 is 1.60 bits per heavy atom. The van der Waals surface area contributed by atoms with E-state index in [1.807, 2.05) is 0 Å². The average molecular weight is 427 g/mol. The predicted octanol–water partition coefficient (Wildman–Crippen LogP) is 7.77. The number of carbonyl (C=O) groups is 2. The third-order valence-electron chi connectivity index (χ3n) is 5.61. The van der Waals surface area contributed by atoms with Gasteiger partial charge in [-0.2, -0.15) is 0 Å². The molecule has 0 aromatic carbocycles. The summed E-state index contributed by atoms with van der Waals surface area (Å²) < 4.78 is 10.5. The van der Waals surface area contributed by atoms with Gasteiger partial charge in [0.15, 0.2) is 0 Å². The minimum atomic E-state index is -0.0247. The Kier molecular flexibility index (Phi) is 21.8. The average Bonchev–Trinajstić information content (AvgIpc) is 2.72. The summed E-state index contributed by atoms with van der Waals surface area (Å²) in [6.07, 6.45) is 19.8. The molecule has 1 unspecified atom stereocenters. The molecule has 0 radical (unpaired) electrons. The highest BCUT2D eigenvalue weighted by Gasteiger charge is 2.10. The fourth-order valence-electron chi connectivity index (χ4n) is 3.59. The lowest BCUT2D eigenvalue weighted by atomic mass is 9.99. The third-order valence-corrected chi connectivity index (χ3v) is 5.61. The zero-order chi connectivity index (χ0) is 22.3. The van der Waals surface area contributed by atoms with Gasteiger partial charge in [0.05, 0.1) is 13.2 Å². The number of ether oxygens (including phenoxy) is 2. The monoisotopic (exact) mass is 426 g/mol. The second-order valence-electron chi connectivity index (χ2n) is 8.89. The number of unbranched alkanes of at least 4 members (excludes halogenated alkanes) is 12. The Morgan fingerprint density at radius 1 is 0.600 bits per heavy atom. The van der Waals surface area contributed by atoms with Crippen LogP contribution in [0.1, 0.15) is 136 Å². The molecule has 0 heterocycles. The van der Waals surface area contributed by atoms with E-state index < -0.39 is 0 Å². The molecule has 4 heteroatoms. The Bertz CT molecular complexity index is 394. The summed E-state index contributed by atoms with van der Waals surface area (Å²) in [4.78, 5) is 23.3. The topological polar surface area (TPSA) is 52.6 Å². The maximum Gasteiger partial charge on any atom is 0.306 e. The van der Waals surface area contributed by atoms with Crippen molar-refractivity contribution in [3.8, 4) is 0 Å². The predicted molar refractivity (Wildman–Crippen MR) is 126 cm³/mol. The standard InChI is InChI=1S/C26H50O4/c1-4-6-17-21-29-25(27)20-16-14-12-10-8-9-11-13-15-19-24(3)23-26(28)30-22-18-7-5-2/h24H,4-23H2,1-3H3. The molecule has 0 spiro atoms. The zero-order valence-corrected chi connectivity index (χ0v) is 20.4. The number of carbonyl (C=O) groups excluding carboxylic acids is 2. The van der Waals surface area contributed by atoms with Crippen molar-refractivity contribution in [3.63, 3.8) is 0 Å². The second kappa shape index (κ2) is 22.6. The smallest absolute Gasteiger partial charge is 0.306 e. The zero-order valence-electron chi connectivity index (χ0n) is 20.4. The van der Waals surface area contributed by atoms with Crippen LogP contribution in [0.25, 0.3) is 0 Å². The van der Waals surface area contributed by atoms with E-state index >= 15 is 0 Å². The molecule has 0 aromatic heterocycles. The van der Waals surface area contributed by atoms with Crippen LogP contribution in [0, 0.1) is 5.92 Å². The van der Waals surface area contributed by atoms with Crippen molar-refractivity contribution in [2.45, 2.75) is 136 Å². The van der Waals surface area contributed by atoms with Gasteiger partial charge in [-0.1, -0.05) is 104 Å². The number of rotatable bonds is 22. The van der Waals surface area contributed by atoms with Gasteiger partial charge in [0, 0.05) is 12.8 Å². The van der Waals surface area contributed by atoms with Gasteiger partial charge in [-0.25, -0.2) is 0 Å². The summed E-state index contributed by atoms with van der Waals surface area (Å²) in [5, 5.41) is 0. The first kappa shape index (κ1) is 28.9. The van der Waals surface area contributed by atoms with Crippen molar-refractivity contribution in [3.05, 3.63) is 0 Å². The quantitative estimate of drug-likeness (QED) is 0.131. The molecule has 0 aliphatic rings. The van der Waals surface area contributed by atoms with Crippen molar-refractivity contribution < 1.29 is 19.1 Å². The summed E-state index contributed by atoms with van der Waals surface area (Å²) in [5.74, 6) is 0.385.